The van der Waals surface area contributed by atoms with Crippen LogP contribution in [0.2, 0.25) is 0 Å². The van der Waals surface area contributed by atoms with E-state index in [-0.39, 0.29) is 5.91 Å². The zero-order valence-electron chi connectivity index (χ0n) is 10.2. The second-order valence-corrected chi connectivity index (χ2v) is 8.17. The summed E-state index contributed by atoms with van der Waals surface area (Å²) in [6.07, 6.45) is 1.06. The number of amides is 1. The smallest absolute Gasteiger partial charge is 0.261 e. The summed E-state index contributed by atoms with van der Waals surface area (Å²) in [5, 5.41) is 2.95. The number of halogens is 2. The van der Waals surface area contributed by atoms with Gasteiger partial charge in [0.1, 0.15) is 0 Å². The SMILES string of the molecule is Cc1cc(C(=O)NCC(Br)CC(C)C)sc1Br. The van der Waals surface area contributed by atoms with Gasteiger partial charge in [-0.05, 0) is 46.8 Å². The molecule has 96 valence electrons. The Hall–Kier alpha value is 0.130. The Morgan fingerprint density at radius 1 is 1.53 bits per heavy atom. The Bertz CT molecular complexity index is 370. The van der Waals surface area contributed by atoms with Gasteiger partial charge in [-0.15, -0.1) is 11.3 Å². The monoisotopic (exact) mass is 381 g/mol. The van der Waals surface area contributed by atoms with E-state index in [0.717, 1.165) is 20.6 Å². The van der Waals surface area contributed by atoms with Crippen molar-refractivity contribution in [2.45, 2.75) is 32.0 Å². The van der Waals surface area contributed by atoms with E-state index in [0.29, 0.717) is 17.3 Å². The van der Waals surface area contributed by atoms with Gasteiger partial charge in [-0.3, -0.25) is 4.79 Å². The number of nitrogens with one attached hydrogen (secondary N) is 1. The number of carbonyl (C=O) groups excluding carboxylic acids is 1. The fourth-order valence-corrected chi connectivity index (χ4v) is 3.82. The van der Waals surface area contributed by atoms with Crippen LogP contribution in [-0.2, 0) is 0 Å². The van der Waals surface area contributed by atoms with Gasteiger partial charge in [0.25, 0.3) is 5.91 Å². The molecule has 0 bridgehead atoms. The number of carbonyl (C=O) groups is 1. The number of aryl methyl sites for hydroxylation is 1. The molecule has 2 nitrogen and oxygen atoms in total. The normalized spacial score (nSPS) is 12.8. The Labute approximate surface area is 123 Å². The first-order valence-corrected chi connectivity index (χ1v) is 8.11. The summed E-state index contributed by atoms with van der Waals surface area (Å²) in [4.78, 5) is 13.0. The highest BCUT2D eigenvalue weighted by Gasteiger charge is 2.13. The molecule has 1 heterocycles. The Morgan fingerprint density at radius 3 is 2.65 bits per heavy atom. The molecule has 1 aromatic rings. The minimum absolute atomic E-state index is 0.0111. The molecule has 0 saturated heterocycles. The number of rotatable bonds is 5. The standard InChI is InChI=1S/C12H17Br2NOS/c1-7(2)4-9(13)6-15-12(16)10-5-8(3)11(14)17-10/h5,7,9H,4,6H2,1-3H3,(H,15,16). The van der Waals surface area contributed by atoms with E-state index in [1.165, 1.54) is 11.3 Å². The number of hydrogen-bond donors (Lipinski definition) is 1. The molecule has 1 amide bonds. The highest BCUT2D eigenvalue weighted by molar-refractivity contribution is 9.11. The molecule has 0 spiro atoms. The van der Waals surface area contributed by atoms with Crippen LogP contribution in [-0.4, -0.2) is 17.3 Å². The van der Waals surface area contributed by atoms with Crippen LogP contribution in [0.4, 0.5) is 0 Å². The van der Waals surface area contributed by atoms with Crippen LogP contribution >= 0.6 is 43.2 Å². The van der Waals surface area contributed by atoms with Gasteiger partial charge in [0, 0.05) is 11.4 Å². The minimum Gasteiger partial charge on any atom is -0.350 e. The average molecular weight is 383 g/mol. The van der Waals surface area contributed by atoms with Crippen LogP contribution in [0.15, 0.2) is 9.85 Å². The highest BCUT2D eigenvalue weighted by atomic mass is 79.9. The first-order valence-electron chi connectivity index (χ1n) is 5.58. The first kappa shape index (κ1) is 15.2. The molecule has 1 rings (SSSR count). The van der Waals surface area contributed by atoms with Gasteiger partial charge in [0.15, 0.2) is 0 Å². The van der Waals surface area contributed by atoms with Gasteiger partial charge in [-0.25, -0.2) is 0 Å². The maximum atomic E-state index is 11.9. The summed E-state index contributed by atoms with van der Waals surface area (Å²) in [6.45, 7) is 7.01. The van der Waals surface area contributed by atoms with Crippen LogP contribution < -0.4 is 5.32 Å². The molecule has 0 aliphatic heterocycles. The molecule has 17 heavy (non-hydrogen) atoms. The molecule has 0 aromatic carbocycles. The summed E-state index contributed by atoms with van der Waals surface area (Å²) in [6, 6.07) is 1.91. The fraction of sp³-hybridized carbons (Fsp3) is 0.583. The molecule has 0 aliphatic carbocycles. The third-order valence-electron chi connectivity index (χ3n) is 2.29. The lowest BCUT2D eigenvalue weighted by atomic mass is 10.1. The Kier molecular flexibility index (Phi) is 6.17. The molecule has 0 aliphatic rings. The van der Waals surface area contributed by atoms with Gasteiger partial charge < -0.3 is 5.32 Å². The highest BCUT2D eigenvalue weighted by Crippen LogP contribution is 2.27. The second kappa shape index (κ2) is 6.90. The Morgan fingerprint density at radius 2 is 2.18 bits per heavy atom. The largest absolute Gasteiger partial charge is 0.350 e. The molecular weight excluding hydrogens is 366 g/mol. The summed E-state index contributed by atoms with van der Waals surface area (Å²) >= 11 is 8.48. The lowest BCUT2D eigenvalue weighted by Crippen LogP contribution is -2.29. The van der Waals surface area contributed by atoms with E-state index in [9.17, 15) is 4.79 Å². The van der Waals surface area contributed by atoms with E-state index in [4.69, 9.17) is 0 Å². The molecule has 5 heteroatoms. The van der Waals surface area contributed by atoms with Crippen LogP contribution in [0.5, 0.6) is 0 Å². The lowest BCUT2D eigenvalue weighted by molar-refractivity contribution is 0.0957. The number of hydrogen-bond acceptors (Lipinski definition) is 2. The van der Waals surface area contributed by atoms with Crippen molar-refractivity contribution in [3.8, 4) is 0 Å². The Balaban J connectivity index is 2.45. The van der Waals surface area contributed by atoms with Crippen LogP contribution in [0.1, 0.15) is 35.5 Å². The van der Waals surface area contributed by atoms with Crippen molar-refractivity contribution in [2.75, 3.05) is 6.54 Å². The third kappa shape index (κ3) is 5.10. The lowest BCUT2D eigenvalue weighted by Gasteiger charge is -2.12. The molecule has 0 saturated carbocycles. The first-order chi connectivity index (χ1) is 7.90. The van der Waals surface area contributed by atoms with E-state index < -0.39 is 0 Å². The van der Waals surface area contributed by atoms with Gasteiger partial charge in [-0.2, -0.15) is 0 Å². The zero-order valence-corrected chi connectivity index (χ0v) is 14.2. The second-order valence-electron chi connectivity index (χ2n) is 4.50. The van der Waals surface area contributed by atoms with Gasteiger partial charge >= 0.3 is 0 Å². The van der Waals surface area contributed by atoms with Crippen molar-refractivity contribution in [2.24, 2.45) is 5.92 Å². The minimum atomic E-state index is 0.0111. The molecular formula is C12H17Br2NOS. The van der Waals surface area contributed by atoms with Crippen molar-refractivity contribution in [1.82, 2.24) is 5.32 Å². The van der Waals surface area contributed by atoms with Crippen LogP contribution in [0, 0.1) is 12.8 Å². The van der Waals surface area contributed by atoms with Gasteiger partial charge in [0.2, 0.25) is 0 Å². The van der Waals surface area contributed by atoms with Crippen molar-refractivity contribution < 1.29 is 4.79 Å². The van der Waals surface area contributed by atoms with E-state index >= 15 is 0 Å². The van der Waals surface area contributed by atoms with Crippen molar-refractivity contribution in [3.63, 3.8) is 0 Å². The van der Waals surface area contributed by atoms with Crippen molar-refractivity contribution in [3.05, 3.63) is 20.3 Å². The summed E-state index contributed by atoms with van der Waals surface area (Å²) in [5.41, 5.74) is 1.11. The van der Waals surface area contributed by atoms with Crippen LogP contribution in [0.25, 0.3) is 0 Å². The zero-order chi connectivity index (χ0) is 13.0. The van der Waals surface area contributed by atoms with E-state index in [2.05, 4.69) is 51.0 Å². The van der Waals surface area contributed by atoms with Crippen LogP contribution in [0.3, 0.4) is 0 Å². The topological polar surface area (TPSA) is 29.1 Å². The number of alkyl halides is 1. The fourth-order valence-electron chi connectivity index (χ4n) is 1.46. The molecule has 1 unspecified atom stereocenters. The molecule has 1 N–H and O–H groups in total. The predicted octanol–water partition coefficient (Wildman–Crippen LogP) is 4.36. The number of thiophene rings is 1. The van der Waals surface area contributed by atoms with E-state index in [1.807, 2.05) is 13.0 Å². The van der Waals surface area contributed by atoms with E-state index in [1.54, 1.807) is 0 Å². The maximum absolute atomic E-state index is 11.9. The summed E-state index contributed by atoms with van der Waals surface area (Å²) < 4.78 is 1.03. The quantitative estimate of drug-likeness (QED) is 0.753. The summed E-state index contributed by atoms with van der Waals surface area (Å²) in [5.74, 6) is 0.645. The predicted molar refractivity (Wildman–Crippen MR) is 81.3 cm³/mol. The molecule has 0 radical (unpaired) electrons. The third-order valence-corrected chi connectivity index (χ3v) is 5.13. The van der Waals surface area contributed by atoms with Gasteiger partial charge in [0.05, 0.1) is 8.66 Å². The van der Waals surface area contributed by atoms with Crippen molar-refractivity contribution >= 4 is 49.1 Å². The molecule has 0 fully saturated rings. The molecule has 1 atom stereocenters. The van der Waals surface area contributed by atoms with Gasteiger partial charge in [-0.1, -0.05) is 29.8 Å². The maximum Gasteiger partial charge on any atom is 0.261 e. The average Bonchev–Trinajstić information content (AvgIpc) is 2.55. The summed E-state index contributed by atoms with van der Waals surface area (Å²) in [7, 11) is 0. The van der Waals surface area contributed by atoms with Crippen molar-refractivity contribution in [1.29, 1.82) is 0 Å². The molecule has 1 aromatic heterocycles.